The first-order chi connectivity index (χ1) is 11.3. The molecule has 6 nitrogen and oxygen atoms in total. The highest BCUT2D eigenvalue weighted by atomic mass is 16.5. The van der Waals surface area contributed by atoms with Crippen molar-refractivity contribution in [1.82, 2.24) is 10.2 Å². The predicted octanol–water partition coefficient (Wildman–Crippen LogP) is 1.09. The van der Waals surface area contributed by atoms with Crippen molar-refractivity contribution in [2.45, 2.75) is 26.3 Å². The van der Waals surface area contributed by atoms with Gasteiger partial charge < -0.3 is 14.1 Å². The van der Waals surface area contributed by atoms with Crippen LogP contribution in [0.1, 0.15) is 25.7 Å². The van der Waals surface area contributed by atoms with E-state index < -0.39 is 0 Å². The van der Waals surface area contributed by atoms with Gasteiger partial charge in [0.15, 0.2) is 6.54 Å². The highest BCUT2D eigenvalue weighted by Gasteiger charge is 2.30. The Labute approximate surface area is 135 Å². The molecule has 1 N–H and O–H groups in total. The third-order valence-corrected chi connectivity index (χ3v) is 4.13. The van der Waals surface area contributed by atoms with Crippen molar-refractivity contribution < 1.29 is 18.8 Å². The molecule has 1 aromatic heterocycles. The van der Waals surface area contributed by atoms with Crippen LogP contribution in [0.3, 0.4) is 0 Å². The van der Waals surface area contributed by atoms with Gasteiger partial charge in [-0.1, -0.05) is 18.2 Å². The number of nitrogens with one attached hydrogen (secondary N) is 1. The summed E-state index contributed by atoms with van der Waals surface area (Å²) in [5, 5.41) is 8.25. The average molecular weight is 316 g/mol. The van der Waals surface area contributed by atoms with Crippen molar-refractivity contribution in [2.75, 3.05) is 19.7 Å². The molecule has 0 radical (unpaired) electrons. The summed E-state index contributed by atoms with van der Waals surface area (Å²) >= 11 is 0. The molecule has 1 aliphatic heterocycles. The van der Waals surface area contributed by atoms with Gasteiger partial charge in [0.05, 0.1) is 19.7 Å². The molecule has 1 saturated heterocycles. The van der Waals surface area contributed by atoms with Crippen molar-refractivity contribution in [3.05, 3.63) is 36.2 Å². The van der Waals surface area contributed by atoms with Gasteiger partial charge in [-0.25, -0.2) is 0 Å². The lowest BCUT2D eigenvalue weighted by Crippen LogP contribution is -3.12. The van der Waals surface area contributed by atoms with E-state index in [2.05, 4.69) is 10.2 Å². The highest BCUT2D eigenvalue weighted by Crippen LogP contribution is 2.16. The Kier molecular flexibility index (Phi) is 5.02. The number of likely N-dealkylation sites (tertiary alicyclic amines) is 1. The molecule has 0 amide bonds. The van der Waals surface area contributed by atoms with Gasteiger partial charge in [-0.05, 0) is 31.9 Å². The number of carbonyl (C=O) groups excluding carboxylic acids is 1. The molecule has 6 heteroatoms. The Bertz CT molecular complexity index is 642. The van der Waals surface area contributed by atoms with Gasteiger partial charge in [0, 0.05) is 5.56 Å². The molecule has 2 atom stereocenters. The number of esters is 1. The predicted molar refractivity (Wildman–Crippen MR) is 83.5 cm³/mol. The van der Waals surface area contributed by atoms with Crippen LogP contribution in [-0.2, 0) is 16.1 Å². The molecule has 0 saturated carbocycles. The van der Waals surface area contributed by atoms with Crippen LogP contribution in [0.5, 0.6) is 0 Å². The number of rotatable bonds is 5. The van der Waals surface area contributed by atoms with Crippen LogP contribution >= 0.6 is 0 Å². The third kappa shape index (κ3) is 3.96. The minimum absolute atomic E-state index is 0.0183. The molecule has 3 rings (SSSR count). The lowest BCUT2D eigenvalue weighted by Gasteiger charge is -2.27. The number of carbonyl (C=O) groups is 1. The summed E-state index contributed by atoms with van der Waals surface area (Å²) in [4.78, 5) is 13.2. The number of nitrogens with zero attached hydrogens (tertiary/aromatic N) is 2. The Morgan fingerprint density at radius 3 is 2.96 bits per heavy atom. The van der Waals surface area contributed by atoms with Gasteiger partial charge in [0.1, 0.15) is 5.92 Å². The Balaban J connectivity index is 1.61. The van der Waals surface area contributed by atoms with Gasteiger partial charge in [0.2, 0.25) is 5.89 Å². The number of aromatic nitrogens is 2. The molecule has 2 aromatic rings. The molecule has 0 spiro atoms. The first kappa shape index (κ1) is 15.7. The summed E-state index contributed by atoms with van der Waals surface area (Å²) in [6, 6.07) is 9.73. The van der Waals surface area contributed by atoms with Crippen molar-refractivity contribution in [1.29, 1.82) is 0 Å². The summed E-state index contributed by atoms with van der Waals surface area (Å²) in [6.07, 6.45) is 1.92. The second-order valence-electron chi connectivity index (χ2n) is 5.84. The van der Waals surface area contributed by atoms with E-state index in [0.717, 1.165) is 31.5 Å². The van der Waals surface area contributed by atoms with Crippen LogP contribution < -0.4 is 4.90 Å². The molecule has 1 aromatic carbocycles. The fourth-order valence-electron chi connectivity index (χ4n) is 3.01. The molecule has 1 unspecified atom stereocenters. The van der Waals surface area contributed by atoms with E-state index in [-0.39, 0.29) is 11.9 Å². The van der Waals surface area contributed by atoms with Crippen molar-refractivity contribution in [2.24, 2.45) is 5.92 Å². The second kappa shape index (κ2) is 7.37. The lowest BCUT2D eigenvalue weighted by molar-refractivity contribution is -0.922. The molecular formula is C17H22N3O3+. The Morgan fingerprint density at radius 1 is 1.35 bits per heavy atom. The van der Waals surface area contributed by atoms with Crippen molar-refractivity contribution in [3.8, 4) is 11.5 Å². The maximum Gasteiger partial charge on any atom is 0.314 e. The molecule has 23 heavy (non-hydrogen) atoms. The van der Waals surface area contributed by atoms with Gasteiger partial charge >= 0.3 is 5.97 Å². The van der Waals surface area contributed by atoms with E-state index in [9.17, 15) is 4.79 Å². The molecule has 0 aliphatic carbocycles. The smallest absolute Gasteiger partial charge is 0.314 e. The standard InChI is InChI=1S/C17H21N3O3/c1-2-22-17(21)14-9-6-10-20(11-14)12-15-18-19-16(23-15)13-7-4-3-5-8-13/h3-5,7-8,14H,2,6,9-12H2,1H3/p+1/t14-/m1/s1. The maximum atomic E-state index is 11.9. The van der Waals surface area contributed by atoms with E-state index in [0.29, 0.717) is 24.9 Å². The quantitative estimate of drug-likeness (QED) is 0.836. The van der Waals surface area contributed by atoms with E-state index >= 15 is 0 Å². The van der Waals surface area contributed by atoms with Crippen LogP contribution in [0, 0.1) is 5.92 Å². The van der Waals surface area contributed by atoms with E-state index in [4.69, 9.17) is 9.15 Å². The van der Waals surface area contributed by atoms with Crippen LogP contribution in [0.25, 0.3) is 11.5 Å². The third-order valence-electron chi connectivity index (χ3n) is 4.13. The largest absolute Gasteiger partial charge is 0.466 e. The van der Waals surface area contributed by atoms with Crippen LogP contribution in [-0.4, -0.2) is 35.9 Å². The van der Waals surface area contributed by atoms with Crippen LogP contribution in [0.4, 0.5) is 0 Å². The molecular weight excluding hydrogens is 294 g/mol. The Hall–Kier alpha value is -2.21. The van der Waals surface area contributed by atoms with Crippen molar-refractivity contribution >= 4 is 5.97 Å². The summed E-state index contributed by atoms with van der Waals surface area (Å²) < 4.78 is 10.9. The zero-order valence-electron chi connectivity index (χ0n) is 13.3. The summed E-state index contributed by atoms with van der Waals surface area (Å²) in [6.45, 7) is 4.71. The summed E-state index contributed by atoms with van der Waals surface area (Å²) in [7, 11) is 0. The molecule has 2 heterocycles. The number of benzene rings is 1. The normalized spacial score (nSPS) is 21.1. The zero-order chi connectivity index (χ0) is 16.1. The maximum absolute atomic E-state index is 11.9. The van der Waals surface area contributed by atoms with E-state index in [1.807, 2.05) is 37.3 Å². The van der Waals surface area contributed by atoms with Gasteiger partial charge in [-0.15, -0.1) is 10.2 Å². The number of quaternary nitrogens is 1. The fourth-order valence-corrected chi connectivity index (χ4v) is 3.01. The molecule has 122 valence electrons. The lowest BCUT2D eigenvalue weighted by atomic mass is 9.98. The average Bonchev–Trinajstić information content (AvgIpc) is 3.05. The van der Waals surface area contributed by atoms with Crippen LogP contribution in [0.15, 0.2) is 34.7 Å². The second-order valence-corrected chi connectivity index (χ2v) is 5.84. The number of hydrogen-bond acceptors (Lipinski definition) is 5. The van der Waals surface area contributed by atoms with Gasteiger partial charge in [-0.2, -0.15) is 0 Å². The minimum Gasteiger partial charge on any atom is -0.466 e. The van der Waals surface area contributed by atoms with E-state index in [1.165, 1.54) is 4.90 Å². The number of ether oxygens (including phenoxy) is 1. The highest BCUT2D eigenvalue weighted by molar-refractivity contribution is 5.72. The monoisotopic (exact) mass is 316 g/mol. The zero-order valence-corrected chi connectivity index (χ0v) is 13.3. The van der Waals surface area contributed by atoms with Gasteiger partial charge in [0.25, 0.3) is 5.89 Å². The molecule has 0 bridgehead atoms. The van der Waals surface area contributed by atoms with Crippen LogP contribution in [0.2, 0.25) is 0 Å². The van der Waals surface area contributed by atoms with Gasteiger partial charge in [-0.3, -0.25) is 4.79 Å². The van der Waals surface area contributed by atoms with Crippen molar-refractivity contribution in [3.63, 3.8) is 0 Å². The number of piperidine rings is 1. The first-order valence-corrected chi connectivity index (χ1v) is 8.14. The SMILES string of the molecule is CCOC(=O)[C@@H]1CCC[NH+](Cc2nnc(-c3ccccc3)o2)C1. The number of hydrogen-bond donors (Lipinski definition) is 1. The first-order valence-electron chi connectivity index (χ1n) is 8.14. The van der Waals surface area contributed by atoms with E-state index in [1.54, 1.807) is 0 Å². The molecule has 1 aliphatic rings. The topological polar surface area (TPSA) is 69.7 Å². The summed E-state index contributed by atoms with van der Waals surface area (Å²) in [5.74, 6) is 1.05. The summed E-state index contributed by atoms with van der Waals surface area (Å²) in [5.41, 5.74) is 0.921. The Morgan fingerprint density at radius 2 is 2.17 bits per heavy atom. The fraction of sp³-hybridized carbons (Fsp3) is 0.471. The molecule has 1 fully saturated rings. The minimum atomic E-state index is -0.0831.